The Hall–Kier alpha value is -2.14. The van der Waals surface area contributed by atoms with Crippen LogP contribution >= 0.6 is 0 Å². The van der Waals surface area contributed by atoms with E-state index in [1.165, 1.54) is 0 Å². The number of aliphatic hydroxyl groups excluding tert-OH is 1. The number of aromatic nitrogens is 1. The Kier molecular flexibility index (Phi) is 4.71. The van der Waals surface area contributed by atoms with Crippen molar-refractivity contribution in [3.8, 4) is 0 Å². The second-order valence-corrected chi connectivity index (χ2v) is 6.72. The Morgan fingerprint density at radius 2 is 2.08 bits per heavy atom. The molecule has 0 bridgehead atoms. The van der Waals surface area contributed by atoms with Gasteiger partial charge in [0, 0.05) is 23.2 Å². The summed E-state index contributed by atoms with van der Waals surface area (Å²) < 4.78 is 1.88. The third-order valence-corrected chi connectivity index (χ3v) is 5.03. The van der Waals surface area contributed by atoms with Crippen LogP contribution in [0.25, 0.3) is 10.9 Å². The van der Waals surface area contributed by atoms with Gasteiger partial charge < -0.3 is 15.0 Å². The summed E-state index contributed by atoms with van der Waals surface area (Å²) in [5, 5.41) is 13.2. The van der Waals surface area contributed by atoms with Crippen LogP contribution in [-0.2, 0) is 11.3 Å². The van der Waals surface area contributed by atoms with Crippen molar-refractivity contribution >= 4 is 16.8 Å². The largest absolute Gasteiger partial charge is 0.393 e. The van der Waals surface area contributed by atoms with E-state index in [2.05, 4.69) is 12.2 Å². The molecule has 1 aliphatic carbocycles. The molecule has 1 atom stereocenters. The van der Waals surface area contributed by atoms with Crippen LogP contribution in [0.3, 0.4) is 0 Å². The lowest BCUT2D eigenvalue weighted by molar-refractivity contribution is -0.123. The predicted molar refractivity (Wildman–Crippen MR) is 93.9 cm³/mol. The van der Waals surface area contributed by atoms with E-state index in [1.54, 1.807) is 12.1 Å². The Morgan fingerprint density at radius 3 is 2.75 bits per heavy atom. The van der Waals surface area contributed by atoms with E-state index in [-0.39, 0.29) is 30.0 Å². The predicted octanol–water partition coefficient (Wildman–Crippen LogP) is 1.98. The first-order chi connectivity index (χ1) is 11.5. The molecule has 5 nitrogen and oxygen atoms in total. The van der Waals surface area contributed by atoms with Gasteiger partial charge in [-0.2, -0.15) is 0 Å². The lowest BCUT2D eigenvalue weighted by Crippen LogP contribution is -2.47. The number of carbonyl (C=O) groups is 1. The lowest BCUT2D eigenvalue weighted by Gasteiger charge is -2.37. The topological polar surface area (TPSA) is 71.3 Å². The first kappa shape index (κ1) is 16.7. The molecule has 0 aliphatic heterocycles. The average molecular weight is 328 g/mol. The molecule has 1 aliphatic rings. The number of fused-ring (bicyclic) bond motifs is 1. The molecule has 1 fully saturated rings. The molecule has 1 aromatic heterocycles. The number of nitrogens with zero attached hydrogens (tertiary/aromatic N) is 1. The number of aryl methyl sites for hydroxylation is 1. The van der Waals surface area contributed by atoms with Crippen LogP contribution in [0, 0.1) is 12.8 Å². The molecule has 2 aromatic rings. The normalized spacial score (nSPS) is 21.3. The van der Waals surface area contributed by atoms with E-state index in [9.17, 15) is 14.7 Å². The quantitative estimate of drug-likeness (QED) is 0.881. The number of rotatable bonds is 5. The fraction of sp³-hybridized carbons (Fsp3) is 0.474. The summed E-state index contributed by atoms with van der Waals surface area (Å²) in [6, 6.07) is 9.05. The summed E-state index contributed by atoms with van der Waals surface area (Å²) in [4.78, 5) is 24.6. The smallest absolute Gasteiger partial charge is 0.240 e. The molecule has 0 radical (unpaired) electrons. The van der Waals surface area contributed by atoms with Crippen LogP contribution in [0.2, 0.25) is 0 Å². The standard InChI is InChI=1S/C19H24N2O3/c1-3-16(13-9-14(22)10-13)20-19(24)11-21-12(2)8-18(23)15-6-4-5-7-17(15)21/h4-8,13-14,16,22H,3,9-11H2,1-2H3,(H,20,24)/t13?,14?,16-/m0/s1. The molecule has 0 spiro atoms. The minimum atomic E-state index is -0.217. The van der Waals surface area contributed by atoms with Crippen LogP contribution in [-0.4, -0.2) is 27.7 Å². The summed E-state index contributed by atoms with van der Waals surface area (Å²) >= 11 is 0. The lowest BCUT2D eigenvalue weighted by atomic mass is 9.76. The Bertz CT molecular complexity index is 806. The molecule has 1 aromatic carbocycles. The van der Waals surface area contributed by atoms with Crippen LogP contribution in [0.4, 0.5) is 0 Å². The van der Waals surface area contributed by atoms with Crippen molar-refractivity contribution in [3.05, 3.63) is 46.2 Å². The molecule has 24 heavy (non-hydrogen) atoms. The third-order valence-electron chi connectivity index (χ3n) is 5.03. The van der Waals surface area contributed by atoms with E-state index in [0.29, 0.717) is 11.3 Å². The Morgan fingerprint density at radius 1 is 1.38 bits per heavy atom. The van der Waals surface area contributed by atoms with Gasteiger partial charge in [-0.1, -0.05) is 19.1 Å². The molecule has 1 heterocycles. The number of aliphatic hydroxyl groups is 1. The van der Waals surface area contributed by atoms with E-state index in [1.807, 2.05) is 29.7 Å². The molecule has 0 saturated heterocycles. The van der Waals surface area contributed by atoms with E-state index in [4.69, 9.17) is 0 Å². The van der Waals surface area contributed by atoms with E-state index >= 15 is 0 Å². The summed E-state index contributed by atoms with van der Waals surface area (Å²) in [5.74, 6) is 0.306. The highest BCUT2D eigenvalue weighted by atomic mass is 16.3. The second kappa shape index (κ2) is 6.77. The van der Waals surface area contributed by atoms with Crippen molar-refractivity contribution in [2.24, 2.45) is 5.92 Å². The van der Waals surface area contributed by atoms with Crippen LogP contribution in [0.1, 0.15) is 31.9 Å². The molecule has 1 amide bonds. The van der Waals surface area contributed by atoms with Gasteiger partial charge in [0.2, 0.25) is 5.91 Å². The van der Waals surface area contributed by atoms with Crippen molar-refractivity contribution < 1.29 is 9.90 Å². The third kappa shape index (κ3) is 3.22. The Balaban J connectivity index is 1.79. The maximum atomic E-state index is 12.5. The number of hydrogen-bond acceptors (Lipinski definition) is 3. The van der Waals surface area contributed by atoms with Crippen molar-refractivity contribution in [1.82, 2.24) is 9.88 Å². The number of hydrogen-bond donors (Lipinski definition) is 2. The maximum absolute atomic E-state index is 12.5. The molecular formula is C19H24N2O3. The van der Waals surface area contributed by atoms with Crippen molar-refractivity contribution in [2.75, 3.05) is 0 Å². The molecule has 128 valence electrons. The highest BCUT2D eigenvalue weighted by Crippen LogP contribution is 2.31. The fourth-order valence-corrected chi connectivity index (χ4v) is 3.57. The zero-order valence-electron chi connectivity index (χ0n) is 14.2. The summed E-state index contributed by atoms with van der Waals surface area (Å²) in [5.41, 5.74) is 1.54. The molecule has 1 saturated carbocycles. The van der Waals surface area contributed by atoms with Gasteiger partial charge >= 0.3 is 0 Å². The molecule has 3 rings (SSSR count). The summed E-state index contributed by atoms with van der Waals surface area (Å²) in [7, 11) is 0. The van der Waals surface area contributed by atoms with Gasteiger partial charge in [0.15, 0.2) is 5.43 Å². The molecular weight excluding hydrogens is 304 g/mol. The number of carbonyl (C=O) groups excluding carboxylic acids is 1. The van der Waals surface area contributed by atoms with Crippen LogP contribution < -0.4 is 10.7 Å². The van der Waals surface area contributed by atoms with Gasteiger partial charge in [0.1, 0.15) is 6.54 Å². The van der Waals surface area contributed by atoms with Gasteiger partial charge in [-0.15, -0.1) is 0 Å². The fourth-order valence-electron chi connectivity index (χ4n) is 3.57. The van der Waals surface area contributed by atoms with Crippen LogP contribution in [0.5, 0.6) is 0 Å². The minimum absolute atomic E-state index is 0.0188. The zero-order chi connectivity index (χ0) is 17.3. The number of amides is 1. The highest BCUT2D eigenvalue weighted by Gasteiger charge is 2.33. The van der Waals surface area contributed by atoms with Gasteiger partial charge in [0.05, 0.1) is 11.6 Å². The maximum Gasteiger partial charge on any atom is 0.240 e. The number of pyridine rings is 1. The molecule has 2 N–H and O–H groups in total. The summed E-state index contributed by atoms with van der Waals surface area (Å²) in [6.45, 7) is 4.09. The number of para-hydroxylation sites is 1. The first-order valence-electron chi connectivity index (χ1n) is 8.56. The minimum Gasteiger partial charge on any atom is -0.393 e. The first-order valence-corrected chi connectivity index (χ1v) is 8.56. The Labute approximate surface area is 141 Å². The van der Waals surface area contributed by atoms with Crippen molar-refractivity contribution in [2.45, 2.75) is 51.8 Å². The van der Waals surface area contributed by atoms with Gasteiger partial charge in [0.25, 0.3) is 0 Å². The SMILES string of the molecule is CC[C@H](NC(=O)Cn1c(C)cc(=O)c2ccccc21)C1CC(O)C1. The van der Waals surface area contributed by atoms with Gasteiger partial charge in [-0.25, -0.2) is 0 Å². The zero-order valence-corrected chi connectivity index (χ0v) is 14.2. The van der Waals surface area contributed by atoms with Gasteiger partial charge in [-0.3, -0.25) is 9.59 Å². The average Bonchev–Trinajstić information content (AvgIpc) is 2.54. The number of nitrogens with one attached hydrogen (secondary N) is 1. The number of benzene rings is 1. The van der Waals surface area contributed by atoms with Crippen LogP contribution in [0.15, 0.2) is 35.1 Å². The monoisotopic (exact) mass is 328 g/mol. The summed E-state index contributed by atoms with van der Waals surface area (Å²) in [6.07, 6.45) is 2.16. The van der Waals surface area contributed by atoms with Gasteiger partial charge in [-0.05, 0) is 44.2 Å². The molecule has 5 heteroatoms. The highest BCUT2D eigenvalue weighted by molar-refractivity contribution is 5.82. The molecule has 0 unspecified atom stereocenters. The second-order valence-electron chi connectivity index (χ2n) is 6.72. The van der Waals surface area contributed by atoms with E-state index < -0.39 is 0 Å². The van der Waals surface area contributed by atoms with Crippen molar-refractivity contribution in [3.63, 3.8) is 0 Å². The van der Waals surface area contributed by atoms with Crippen molar-refractivity contribution in [1.29, 1.82) is 0 Å². The van der Waals surface area contributed by atoms with E-state index in [0.717, 1.165) is 30.5 Å².